The maximum absolute atomic E-state index is 6.52. The van der Waals surface area contributed by atoms with Crippen molar-refractivity contribution in [3.05, 3.63) is 28.8 Å². The number of nitrogens with two attached hydrogens (primary N) is 1. The summed E-state index contributed by atoms with van der Waals surface area (Å²) in [5.41, 5.74) is 8.14. The minimum Gasteiger partial charge on any atom is -0.383 e. The first-order valence-electron chi connectivity index (χ1n) is 7.83. The van der Waals surface area contributed by atoms with Gasteiger partial charge in [-0.15, -0.1) is 0 Å². The molecule has 1 atom stereocenters. The Kier molecular flexibility index (Phi) is 8.09. The SMILES string of the molecule is CCC(CC)N(CCOC)c1ccc(CC(C)N)cc1Cl. The van der Waals surface area contributed by atoms with Gasteiger partial charge >= 0.3 is 0 Å². The summed E-state index contributed by atoms with van der Waals surface area (Å²) in [6.45, 7) is 8.00. The molecule has 0 spiro atoms. The highest BCUT2D eigenvalue weighted by molar-refractivity contribution is 6.33. The van der Waals surface area contributed by atoms with Crippen molar-refractivity contribution in [2.24, 2.45) is 5.73 Å². The standard InChI is InChI=1S/C17H29ClN2O/c1-5-15(6-2)20(9-10-21-4)17-8-7-14(11-13(3)19)12-16(17)18/h7-8,12-13,15H,5-6,9-11,19H2,1-4H3. The van der Waals surface area contributed by atoms with E-state index in [0.717, 1.165) is 36.5 Å². The lowest BCUT2D eigenvalue weighted by Crippen LogP contribution is -2.37. The Hall–Kier alpha value is -0.770. The zero-order chi connectivity index (χ0) is 15.8. The zero-order valence-corrected chi connectivity index (χ0v) is 14.5. The highest BCUT2D eigenvalue weighted by Crippen LogP contribution is 2.30. The van der Waals surface area contributed by atoms with E-state index in [0.29, 0.717) is 12.6 Å². The lowest BCUT2D eigenvalue weighted by molar-refractivity contribution is 0.202. The molecule has 1 rings (SSSR count). The molecule has 0 heterocycles. The van der Waals surface area contributed by atoms with Crippen LogP contribution in [-0.4, -0.2) is 32.3 Å². The van der Waals surface area contributed by atoms with Crippen molar-refractivity contribution in [3.63, 3.8) is 0 Å². The van der Waals surface area contributed by atoms with Gasteiger partial charge in [-0.1, -0.05) is 31.5 Å². The van der Waals surface area contributed by atoms with Gasteiger partial charge in [0, 0.05) is 25.7 Å². The molecule has 21 heavy (non-hydrogen) atoms. The highest BCUT2D eigenvalue weighted by Gasteiger charge is 2.18. The van der Waals surface area contributed by atoms with Crippen molar-refractivity contribution in [2.75, 3.05) is 25.2 Å². The summed E-state index contributed by atoms with van der Waals surface area (Å²) in [7, 11) is 1.73. The Morgan fingerprint density at radius 3 is 2.43 bits per heavy atom. The van der Waals surface area contributed by atoms with E-state index in [1.807, 2.05) is 13.0 Å². The Balaban J connectivity index is 3.00. The number of nitrogens with zero attached hydrogens (tertiary/aromatic N) is 1. The van der Waals surface area contributed by atoms with Crippen molar-refractivity contribution in [1.82, 2.24) is 0 Å². The van der Waals surface area contributed by atoms with Gasteiger partial charge < -0.3 is 15.4 Å². The maximum atomic E-state index is 6.52. The number of hydrogen-bond donors (Lipinski definition) is 1. The molecule has 120 valence electrons. The van der Waals surface area contributed by atoms with Crippen LogP contribution >= 0.6 is 11.6 Å². The number of ether oxygens (including phenoxy) is 1. The lowest BCUT2D eigenvalue weighted by atomic mass is 10.1. The van der Waals surface area contributed by atoms with Gasteiger partial charge in [0.25, 0.3) is 0 Å². The topological polar surface area (TPSA) is 38.5 Å². The molecule has 0 aliphatic heterocycles. The largest absolute Gasteiger partial charge is 0.383 e. The Morgan fingerprint density at radius 1 is 1.29 bits per heavy atom. The molecule has 0 aliphatic rings. The molecule has 0 aromatic heterocycles. The fourth-order valence-electron chi connectivity index (χ4n) is 2.70. The first-order valence-corrected chi connectivity index (χ1v) is 8.20. The summed E-state index contributed by atoms with van der Waals surface area (Å²) >= 11 is 6.52. The Labute approximate surface area is 134 Å². The average Bonchev–Trinajstić information content (AvgIpc) is 2.43. The second kappa shape index (κ2) is 9.29. The quantitative estimate of drug-likeness (QED) is 0.752. The molecule has 1 unspecified atom stereocenters. The van der Waals surface area contributed by atoms with Crippen LogP contribution < -0.4 is 10.6 Å². The van der Waals surface area contributed by atoms with E-state index in [-0.39, 0.29) is 6.04 Å². The summed E-state index contributed by atoms with van der Waals surface area (Å²) in [5, 5.41) is 0.802. The van der Waals surface area contributed by atoms with E-state index in [1.165, 1.54) is 5.56 Å². The summed E-state index contributed by atoms with van der Waals surface area (Å²) < 4.78 is 5.25. The number of halogens is 1. The first-order chi connectivity index (χ1) is 10.0. The molecule has 0 saturated heterocycles. The van der Waals surface area contributed by atoms with Crippen molar-refractivity contribution >= 4 is 17.3 Å². The van der Waals surface area contributed by atoms with Crippen molar-refractivity contribution in [3.8, 4) is 0 Å². The van der Waals surface area contributed by atoms with E-state index in [9.17, 15) is 0 Å². The second-order valence-electron chi connectivity index (χ2n) is 5.62. The summed E-state index contributed by atoms with van der Waals surface area (Å²) in [6.07, 6.45) is 3.04. The smallest absolute Gasteiger partial charge is 0.0642 e. The number of methoxy groups -OCH3 is 1. The lowest BCUT2D eigenvalue weighted by Gasteiger charge is -2.33. The minimum absolute atomic E-state index is 0.149. The number of benzene rings is 1. The molecule has 1 aromatic carbocycles. The Bertz CT molecular complexity index is 419. The number of rotatable bonds is 9. The van der Waals surface area contributed by atoms with Crippen LogP contribution in [0.15, 0.2) is 18.2 Å². The summed E-state index contributed by atoms with van der Waals surface area (Å²) in [4.78, 5) is 2.36. The molecule has 4 heteroatoms. The third-order valence-corrected chi connectivity index (χ3v) is 4.10. The maximum Gasteiger partial charge on any atom is 0.0642 e. The molecular formula is C17H29ClN2O. The zero-order valence-electron chi connectivity index (χ0n) is 13.7. The second-order valence-corrected chi connectivity index (χ2v) is 6.03. The van der Waals surface area contributed by atoms with Crippen LogP contribution in [0.1, 0.15) is 39.2 Å². The molecule has 3 nitrogen and oxygen atoms in total. The van der Waals surface area contributed by atoms with Crippen LogP contribution in [0.3, 0.4) is 0 Å². The van der Waals surface area contributed by atoms with Crippen molar-refractivity contribution in [1.29, 1.82) is 0 Å². The number of anilines is 1. The van der Waals surface area contributed by atoms with Gasteiger partial charge in [0.05, 0.1) is 17.3 Å². The molecule has 0 aliphatic carbocycles. The molecule has 2 N–H and O–H groups in total. The van der Waals surface area contributed by atoms with Gasteiger partial charge in [0.15, 0.2) is 0 Å². The van der Waals surface area contributed by atoms with Crippen LogP contribution in [0.4, 0.5) is 5.69 Å². The van der Waals surface area contributed by atoms with Crippen LogP contribution in [0.2, 0.25) is 5.02 Å². The van der Waals surface area contributed by atoms with E-state index in [1.54, 1.807) is 7.11 Å². The molecular weight excluding hydrogens is 284 g/mol. The van der Waals surface area contributed by atoms with Crippen LogP contribution in [0.5, 0.6) is 0 Å². The van der Waals surface area contributed by atoms with Crippen molar-refractivity contribution in [2.45, 2.75) is 52.1 Å². The minimum atomic E-state index is 0.149. The van der Waals surface area contributed by atoms with Gasteiger partial charge in [0.2, 0.25) is 0 Å². The molecule has 0 saturated carbocycles. The fourth-order valence-corrected chi connectivity index (χ4v) is 3.01. The predicted molar refractivity (Wildman–Crippen MR) is 92.4 cm³/mol. The summed E-state index contributed by atoms with van der Waals surface area (Å²) in [5.74, 6) is 0. The monoisotopic (exact) mass is 312 g/mol. The van der Waals surface area contributed by atoms with E-state index >= 15 is 0 Å². The third-order valence-electron chi connectivity index (χ3n) is 3.80. The van der Waals surface area contributed by atoms with Crippen molar-refractivity contribution < 1.29 is 4.74 Å². The third kappa shape index (κ3) is 5.50. The van der Waals surface area contributed by atoms with Gasteiger partial charge in [-0.05, 0) is 43.9 Å². The predicted octanol–water partition coefficient (Wildman–Crippen LogP) is 3.87. The van der Waals surface area contributed by atoms with Gasteiger partial charge in [-0.25, -0.2) is 0 Å². The molecule has 1 aromatic rings. The highest BCUT2D eigenvalue weighted by atomic mass is 35.5. The van der Waals surface area contributed by atoms with E-state index in [2.05, 4.69) is 30.9 Å². The molecule has 0 fully saturated rings. The van der Waals surface area contributed by atoms with Gasteiger partial charge in [-0.3, -0.25) is 0 Å². The van der Waals surface area contributed by atoms with Gasteiger partial charge in [0.1, 0.15) is 0 Å². The average molecular weight is 313 g/mol. The van der Waals surface area contributed by atoms with Gasteiger partial charge in [-0.2, -0.15) is 0 Å². The summed E-state index contributed by atoms with van der Waals surface area (Å²) in [6, 6.07) is 6.93. The molecule has 0 bridgehead atoms. The number of hydrogen-bond acceptors (Lipinski definition) is 3. The Morgan fingerprint density at radius 2 is 1.95 bits per heavy atom. The van der Waals surface area contributed by atoms with Crippen LogP contribution in [-0.2, 0) is 11.2 Å². The van der Waals surface area contributed by atoms with Crippen LogP contribution in [0.25, 0.3) is 0 Å². The van der Waals surface area contributed by atoms with Crippen LogP contribution in [0, 0.1) is 0 Å². The normalized spacial score (nSPS) is 12.7. The first kappa shape index (κ1) is 18.3. The van der Waals surface area contributed by atoms with E-state index < -0.39 is 0 Å². The molecule has 0 radical (unpaired) electrons. The fraction of sp³-hybridized carbons (Fsp3) is 0.647. The molecule has 0 amide bonds. The van der Waals surface area contributed by atoms with E-state index in [4.69, 9.17) is 22.1 Å².